The zero-order valence-electron chi connectivity index (χ0n) is 4.87. The number of hydrogen-bond acceptors (Lipinski definition) is 1. The van der Waals surface area contributed by atoms with Crippen LogP contribution < -0.4 is 5.73 Å². The Morgan fingerprint density at radius 2 is 2.10 bits per heavy atom. The van der Waals surface area contributed by atoms with Crippen molar-refractivity contribution < 1.29 is 4.39 Å². The van der Waals surface area contributed by atoms with E-state index in [0.29, 0.717) is 10.2 Å². The minimum atomic E-state index is -0.506. The van der Waals surface area contributed by atoms with E-state index in [0.717, 1.165) is 0 Å². The predicted molar refractivity (Wildman–Crippen MR) is 43.5 cm³/mol. The van der Waals surface area contributed by atoms with Gasteiger partial charge in [-0.25, -0.2) is 4.39 Å². The first-order chi connectivity index (χ1) is 4.61. The van der Waals surface area contributed by atoms with E-state index in [2.05, 4.69) is 15.9 Å². The van der Waals surface area contributed by atoms with Crippen LogP contribution in [0.15, 0.2) is 16.6 Å². The molecule has 1 aromatic carbocycles. The second kappa shape index (κ2) is 2.76. The minimum Gasteiger partial charge on any atom is -0.399 e. The summed E-state index contributed by atoms with van der Waals surface area (Å²) in [6.07, 6.45) is 0. The van der Waals surface area contributed by atoms with Crippen LogP contribution in [0.3, 0.4) is 0 Å². The van der Waals surface area contributed by atoms with Gasteiger partial charge in [-0.2, -0.15) is 0 Å². The summed E-state index contributed by atoms with van der Waals surface area (Å²) < 4.78 is 13.1. The molecular weight excluding hydrogens is 220 g/mol. The van der Waals surface area contributed by atoms with Crippen molar-refractivity contribution in [2.24, 2.45) is 0 Å². The SMILES string of the molecule is Nc1cc(F)c(Cl)c(Br)c1. The highest BCUT2D eigenvalue weighted by molar-refractivity contribution is 9.10. The van der Waals surface area contributed by atoms with Gasteiger partial charge in [0.05, 0.1) is 5.02 Å². The number of anilines is 1. The molecule has 0 saturated heterocycles. The fourth-order valence-electron chi connectivity index (χ4n) is 0.575. The predicted octanol–water partition coefficient (Wildman–Crippen LogP) is 2.82. The standard InChI is InChI=1S/C6H4BrClFN/c7-4-1-3(10)2-5(9)6(4)8/h1-2H,10H2. The van der Waals surface area contributed by atoms with E-state index in [1.165, 1.54) is 6.07 Å². The largest absolute Gasteiger partial charge is 0.399 e. The molecule has 0 aliphatic carbocycles. The van der Waals surface area contributed by atoms with Crippen LogP contribution in [0.1, 0.15) is 0 Å². The van der Waals surface area contributed by atoms with Crippen molar-refractivity contribution in [2.45, 2.75) is 0 Å². The summed E-state index contributed by atoms with van der Waals surface area (Å²) in [7, 11) is 0. The van der Waals surface area contributed by atoms with E-state index in [-0.39, 0.29) is 5.02 Å². The van der Waals surface area contributed by atoms with Crippen molar-refractivity contribution in [3.8, 4) is 0 Å². The summed E-state index contributed by atoms with van der Waals surface area (Å²) in [5, 5.41) is 0.0641. The summed E-state index contributed by atoms with van der Waals surface area (Å²) in [6, 6.07) is 2.72. The summed E-state index contributed by atoms with van der Waals surface area (Å²) in [5.41, 5.74) is 5.66. The molecule has 4 heteroatoms. The van der Waals surface area contributed by atoms with E-state index in [4.69, 9.17) is 17.3 Å². The molecule has 1 rings (SSSR count). The summed E-state index contributed by atoms with van der Waals surface area (Å²) in [5.74, 6) is -0.506. The molecule has 0 amide bonds. The topological polar surface area (TPSA) is 26.0 Å². The zero-order chi connectivity index (χ0) is 7.72. The fraction of sp³-hybridized carbons (Fsp3) is 0. The van der Waals surface area contributed by atoms with Crippen LogP contribution in [0.2, 0.25) is 5.02 Å². The molecule has 0 spiro atoms. The number of nitrogen functional groups attached to an aromatic ring is 1. The van der Waals surface area contributed by atoms with Gasteiger partial charge in [0.15, 0.2) is 0 Å². The third-order valence-electron chi connectivity index (χ3n) is 1.01. The molecule has 0 aliphatic rings. The Labute approximate surface area is 71.1 Å². The molecule has 0 unspecified atom stereocenters. The molecule has 1 nitrogen and oxygen atoms in total. The number of benzene rings is 1. The van der Waals surface area contributed by atoms with Gasteiger partial charge in [0.2, 0.25) is 0 Å². The second-order valence-electron chi connectivity index (χ2n) is 1.80. The third kappa shape index (κ3) is 1.41. The van der Waals surface area contributed by atoms with Crippen molar-refractivity contribution >= 4 is 33.2 Å². The Balaban J connectivity index is 3.31. The van der Waals surface area contributed by atoms with Crippen molar-refractivity contribution in [2.75, 3.05) is 5.73 Å². The van der Waals surface area contributed by atoms with Gasteiger partial charge in [-0.05, 0) is 28.1 Å². The zero-order valence-corrected chi connectivity index (χ0v) is 7.21. The van der Waals surface area contributed by atoms with Crippen LogP contribution >= 0.6 is 27.5 Å². The highest BCUT2D eigenvalue weighted by Gasteiger charge is 2.03. The quantitative estimate of drug-likeness (QED) is 0.532. The lowest BCUT2D eigenvalue weighted by Crippen LogP contribution is -1.87. The van der Waals surface area contributed by atoms with Crippen molar-refractivity contribution in [1.82, 2.24) is 0 Å². The first kappa shape index (κ1) is 7.82. The summed E-state index contributed by atoms with van der Waals surface area (Å²) in [6.45, 7) is 0. The lowest BCUT2D eigenvalue weighted by atomic mass is 10.3. The van der Waals surface area contributed by atoms with Gasteiger partial charge in [0.1, 0.15) is 5.82 Å². The first-order valence-electron chi connectivity index (χ1n) is 2.51. The van der Waals surface area contributed by atoms with Gasteiger partial charge in [-0.15, -0.1) is 0 Å². The average molecular weight is 224 g/mol. The lowest BCUT2D eigenvalue weighted by Gasteiger charge is -1.98. The molecule has 0 heterocycles. The second-order valence-corrected chi connectivity index (χ2v) is 3.03. The van der Waals surface area contributed by atoms with E-state index >= 15 is 0 Å². The smallest absolute Gasteiger partial charge is 0.144 e. The fourth-order valence-corrected chi connectivity index (χ4v) is 1.14. The average Bonchev–Trinajstić information content (AvgIpc) is 1.82. The molecule has 0 atom stereocenters. The maximum absolute atomic E-state index is 12.6. The lowest BCUT2D eigenvalue weighted by molar-refractivity contribution is 0.628. The van der Waals surface area contributed by atoms with Gasteiger partial charge in [0, 0.05) is 10.2 Å². The van der Waals surface area contributed by atoms with Crippen molar-refractivity contribution in [3.05, 3.63) is 27.4 Å². The highest BCUT2D eigenvalue weighted by atomic mass is 79.9. The minimum absolute atomic E-state index is 0.0641. The van der Waals surface area contributed by atoms with Crippen LogP contribution in [0.25, 0.3) is 0 Å². The monoisotopic (exact) mass is 223 g/mol. The maximum atomic E-state index is 12.6. The van der Waals surface area contributed by atoms with Crippen LogP contribution in [-0.2, 0) is 0 Å². The van der Waals surface area contributed by atoms with Crippen molar-refractivity contribution in [3.63, 3.8) is 0 Å². The number of nitrogens with two attached hydrogens (primary N) is 1. The molecule has 0 fully saturated rings. The highest BCUT2D eigenvalue weighted by Crippen LogP contribution is 2.27. The molecule has 0 radical (unpaired) electrons. The Bertz CT molecular complexity index is 241. The molecule has 2 N–H and O–H groups in total. The number of halogens is 3. The van der Waals surface area contributed by atoms with Gasteiger partial charge >= 0.3 is 0 Å². The molecule has 0 saturated carbocycles. The molecular formula is C6H4BrClFN. The third-order valence-corrected chi connectivity index (χ3v) is 2.24. The molecule has 54 valence electrons. The van der Waals surface area contributed by atoms with Gasteiger partial charge in [0.25, 0.3) is 0 Å². The van der Waals surface area contributed by atoms with Crippen LogP contribution in [-0.4, -0.2) is 0 Å². The Kier molecular flexibility index (Phi) is 2.16. The van der Waals surface area contributed by atoms with Crippen LogP contribution in [0, 0.1) is 5.82 Å². The van der Waals surface area contributed by atoms with Gasteiger partial charge < -0.3 is 5.73 Å². The summed E-state index contributed by atoms with van der Waals surface area (Å²) in [4.78, 5) is 0. The van der Waals surface area contributed by atoms with Crippen LogP contribution in [0.5, 0.6) is 0 Å². The molecule has 0 aliphatic heterocycles. The normalized spacial score (nSPS) is 9.90. The molecule has 1 aromatic rings. The van der Waals surface area contributed by atoms with Crippen LogP contribution in [0.4, 0.5) is 10.1 Å². The Morgan fingerprint density at radius 3 is 2.60 bits per heavy atom. The van der Waals surface area contributed by atoms with E-state index in [1.807, 2.05) is 0 Å². The summed E-state index contributed by atoms with van der Waals surface area (Å²) >= 11 is 8.52. The molecule has 0 bridgehead atoms. The number of rotatable bonds is 0. The Hall–Kier alpha value is -0.280. The Morgan fingerprint density at radius 1 is 1.50 bits per heavy atom. The van der Waals surface area contributed by atoms with Gasteiger partial charge in [-0.3, -0.25) is 0 Å². The first-order valence-corrected chi connectivity index (χ1v) is 3.68. The number of hydrogen-bond donors (Lipinski definition) is 1. The van der Waals surface area contributed by atoms with E-state index in [9.17, 15) is 4.39 Å². The van der Waals surface area contributed by atoms with Gasteiger partial charge in [-0.1, -0.05) is 11.6 Å². The molecule has 10 heavy (non-hydrogen) atoms. The van der Waals surface area contributed by atoms with E-state index < -0.39 is 5.82 Å². The maximum Gasteiger partial charge on any atom is 0.144 e. The molecule has 0 aromatic heterocycles. The van der Waals surface area contributed by atoms with E-state index in [1.54, 1.807) is 6.07 Å². The van der Waals surface area contributed by atoms with Crippen molar-refractivity contribution in [1.29, 1.82) is 0 Å².